The van der Waals surface area contributed by atoms with Crippen molar-refractivity contribution in [3.8, 4) is 0 Å². The van der Waals surface area contributed by atoms with E-state index in [1.807, 2.05) is 24.3 Å². The molecule has 0 fully saturated rings. The van der Waals surface area contributed by atoms with Crippen LogP contribution in [0, 0.1) is 6.92 Å². The molecule has 0 spiro atoms. The van der Waals surface area contributed by atoms with E-state index in [0.29, 0.717) is 0 Å². The van der Waals surface area contributed by atoms with Crippen molar-refractivity contribution in [2.45, 2.75) is 19.4 Å². The van der Waals surface area contributed by atoms with E-state index < -0.39 is 0 Å². The summed E-state index contributed by atoms with van der Waals surface area (Å²) in [5.41, 5.74) is 7.98. The molecule has 0 aromatic heterocycles. The molecule has 0 saturated heterocycles. The van der Waals surface area contributed by atoms with Gasteiger partial charge in [-0.2, -0.15) is 5.10 Å². The Morgan fingerprint density at radius 3 is 2.42 bits per heavy atom. The van der Waals surface area contributed by atoms with Gasteiger partial charge in [-0.05, 0) is 30.2 Å². The second-order valence-corrected chi connectivity index (χ2v) is 5.30. The Labute approximate surface area is 118 Å². The van der Waals surface area contributed by atoms with Gasteiger partial charge >= 0.3 is 0 Å². The molecule has 2 nitrogen and oxygen atoms in total. The minimum Gasteiger partial charge on any atom is -0.302 e. The summed E-state index contributed by atoms with van der Waals surface area (Å²) in [6.45, 7) is 2.10. The monoisotopic (exact) mass is 270 g/mol. The molecule has 1 N–H and O–H groups in total. The van der Waals surface area contributed by atoms with Crippen molar-refractivity contribution >= 4 is 17.3 Å². The van der Waals surface area contributed by atoms with Crippen LogP contribution in [-0.2, 0) is 0 Å². The summed E-state index contributed by atoms with van der Waals surface area (Å²) < 4.78 is 0. The van der Waals surface area contributed by atoms with Gasteiger partial charge in [0.25, 0.3) is 0 Å². The molecule has 0 bridgehead atoms. The molecule has 3 rings (SSSR count). The summed E-state index contributed by atoms with van der Waals surface area (Å²) in [5.74, 6) is 0. The molecule has 1 aliphatic heterocycles. The van der Waals surface area contributed by atoms with Crippen molar-refractivity contribution in [1.82, 2.24) is 5.43 Å². The second-order valence-electron chi connectivity index (χ2n) is 4.86. The Hall–Kier alpha value is -1.80. The normalized spacial score (nSPS) is 18.0. The van der Waals surface area contributed by atoms with Crippen LogP contribution < -0.4 is 5.43 Å². The Morgan fingerprint density at radius 2 is 1.74 bits per heavy atom. The zero-order chi connectivity index (χ0) is 13.2. The highest BCUT2D eigenvalue weighted by Gasteiger charge is 2.20. The lowest BCUT2D eigenvalue weighted by molar-refractivity contribution is 0.620. The molecule has 3 heteroatoms. The van der Waals surface area contributed by atoms with E-state index in [1.54, 1.807) is 0 Å². The van der Waals surface area contributed by atoms with Gasteiger partial charge in [-0.3, -0.25) is 0 Å². The average Bonchev–Trinajstić information content (AvgIpc) is 2.90. The predicted octanol–water partition coefficient (Wildman–Crippen LogP) is 4.09. The number of rotatable bonds is 2. The molecule has 96 valence electrons. The van der Waals surface area contributed by atoms with E-state index in [2.05, 4.69) is 41.7 Å². The summed E-state index contributed by atoms with van der Waals surface area (Å²) >= 11 is 5.90. The molecule has 0 aliphatic carbocycles. The maximum absolute atomic E-state index is 5.90. The van der Waals surface area contributed by atoms with Gasteiger partial charge in [0.05, 0.1) is 11.8 Å². The minimum absolute atomic E-state index is 0.270. The molecule has 1 unspecified atom stereocenters. The summed E-state index contributed by atoms with van der Waals surface area (Å²) in [4.78, 5) is 0. The van der Waals surface area contributed by atoms with Crippen LogP contribution in [-0.4, -0.2) is 5.71 Å². The van der Waals surface area contributed by atoms with E-state index in [9.17, 15) is 0 Å². The first-order valence-electron chi connectivity index (χ1n) is 6.37. The molecule has 19 heavy (non-hydrogen) atoms. The fourth-order valence-corrected chi connectivity index (χ4v) is 2.38. The highest BCUT2D eigenvalue weighted by molar-refractivity contribution is 6.30. The smallest absolute Gasteiger partial charge is 0.0745 e. The van der Waals surface area contributed by atoms with Gasteiger partial charge in [0.1, 0.15) is 0 Å². The summed E-state index contributed by atoms with van der Waals surface area (Å²) in [6, 6.07) is 16.7. The maximum atomic E-state index is 5.90. The van der Waals surface area contributed by atoms with Gasteiger partial charge in [0.2, 0.25) is 0 Å². The number of aryl methyl sites for hydroxylation is 1. The third kappa shape index (κ3) is 2.64. The number of benzene rings is 2. The standard InChI is InChI=1S/C16H15ClN2/c1-11-2-4-12(5-3-11)15-10-16(19-18-15)13-6-8-14(17)9-7-13/h2-9,15,18H,10H2,1H3. The summed E-state index contributed by atoms with van der Waals surface area (Å²) in [5, 5.41) is 5.19. The summed E-state index contributed by atoms with van der Waals surface area (Å²) in [6.07, 6.45) is 0.907. The number of hydrogen-bond acceptors (Lipinski definition) is 2. The van der Waals surface area contributed by atoms with Crippen molar-refractivity contribution in [3.63, 3.8) is 0 Å². The Balaban J connectivity index is 1.76. The highest BCUT2D eigenvalue weighted by atomic mass is 35.5. The third-order valence-corrected chi connectivity index (χ3v) is 3.66. The summed E-state index contributed by atoms with van der Waals surface area (Å²) in [7, 11) is 0. The van der Waals surface area contributed by atoms with E-state index >= 15 is 0 Å². The average molecular weight is 271 g/mol. The minimum atomic E-state index is 0.270. The molecular formula is C16H15ClN2. The van der Waals surface area contributed by atoms with E-state index in [-0.39, 0.29) is 6.04 Å². The van der Waals surface area contributed by atoms with Gasteiger partial charge in [-0.25, -0.2) is 0 Å². The largest absolute Gasteiger partial charge is 0.302 e. The predicted molar refractivity (Wildman–Crippen MR) is 79.7 cm³/mol. The number of halogens is 1. The first-order valence-corrected chi connectivity index (χ1v) is 6.75. The van der Waals surface area contributed by atoms with Crippen LogP contribution in [0.15, 0.2) is 53.6 Å². The quantitative estimate of drug-likeness (QED) is 0.873. The fourth-order valence-electron chi connectivity index (χ4n) is 2.26. The Kier molecular flexibility index (Phi) is 3.26. The zero-order valence-corrected chi connectivity index (χ0v) is 11.5. The van der Waals surface area contributed by atoms with Crippen molar-refractivity contribution < 1.29 is 0 Å². The van der Waals surface area contributed by atoms with Gasteiger partial charge in [-0.15, -0.1) is 0 Å². The van der Waals surface area contributed by atoms with Crippen molar-refractivity contribution in [2.24, 2.45) is 5.10 Å². The van der Waals surface area contributed by atoms with Crippen LogP contribution in [0.5, 0.6) is 0 Å². The van der Waals surface area contributed by atoms with Gasteiger partial charge in [0.15, 0.2) is 0 Å². The van der Waals surface area contributed by atoms with E-state index in [1.165, 1.54) is 11.1 Å². The molecule has 2 aromatic rings. The highest BCUT2D eigenvalue weighted by Crippen LogP contribution is 2.25. The zero-order valence-electron chi connectivity index (χ0n) is 10.7. The van der Waals surface area contributed by atoms with E-state index in [0.717, 1.165) is 22.7 Å². The number of nitrogens with one attached hydrogen (secondary N) is 1. The van der Waals surface area contributed by atoms with Crippen molar-refractivity contribution in [1.29, 1.82) is 0 Å². The topological polar surface area (TPSA) is 24.4 Å². The molecule has 2 aromatic carbocycles. The van der Waals surface area contributed by atoms with Crippen LogP contribution in [0.25, 0.3) is 0 Å². The lowest BCUT2D eigenvalue weighted by atomic mass is 9.98. The first-order chi connectivity index (χ1) is 9.22. The molecule has 0 amide bonds. The van der Waals surface area contributed by atoms with Gasteiger partial charge in [-0.1, -0.05) is 53.6 Å². The fraction of sp³-hybridized carbons (Fsp3) is 0.188. The van der Waals surface area contributed by atoms with Gasteiger partial charge < -0.3 is 5.43 Å². The van der Waals surface area contributed by atoms with Gasteiger partial charge in [0, 0.05) is 11.4 Å². The van der Waals surface area contributed by atoms with Crippen LogP contribution in [0.2, 0.25) is 5.02 Å². The SMILES string of the molecule is Cc1ccc(C2CC(c3ccc(Cl)cc3)=NN2)cc1. The van der Waals surface area contributed by atoms with Crippen LogP contribution in [0.1, 0.15) is 29.2 Å². The Bertz CT molecular complexity index is 600. The second kappa shape index (κ2) is 5.06. The number of hydrogen-bond donors (Lipinski definition) is 1. The molecular weight excluding hydrogens is 256 g/mol. The lowest BCUT2D eigenvalue weighted by Gasteiger charge is -2.10. The van der Waals surface area contributed by atoms with Crippen LogP contribution in [0.3, 0.4) is 0 Å². The molecule has 1 heterocycles. The lowest BCUT2D eigenvalue weighted by Crippen LogP contribution is -2.09. The van der Waals surface area contributed by atoms with Crippen molar-refractivity contribution in [2.75, 3.05) is 0 Å². The third-order valence-electron chi connectivity index (χ3n) is 3.41. The first kappa shape index (κ1) is 12.2. The van der Waals surface area contributed by atoms with Crippen LogP contribution in [0.4, 0.5) is 0 Å². The van der Waals surface area contributed by atoms with Crippen molar-refractivity contribution in [3.05, 3.63) is 70.2 Å². The maximum Gasteiger partial charge on any atom is 0.0745 e. The molecule has 1 aliphatic rings. The molecule has 0 saturated carbocycles. The Morgan fingerprint density at radius 1 is 1.05 bits per heavy atom. The van der Waals surface area contributed by atoms with E-state index in [4.69, 9.17) is 11.6 Å². The number of hydrazone groups is 1. The van der Waals surface area contributed by atoms with Crippen LogP contribution >= 0.6 is 11.6 Å². The number of nitrogens with zero attached hydrogens (tertiary/aromatic N) is 1. The molecule has 0 radical (unpaired) electrons. The molecule has 1 atom stereocenters.